The van der Waals surface area contributed by atoms with Crippen molar-refractivity contribution >= 4 is 29.3 Å². The highest BCUT2D eigenvalue weighted by molar-refractivity contribution is 6.35. The highest BCUT2D eigenvalue weighted by Crippen LogP contribution is 2.39. The van der Waals surface area contributed by atoms with E-state index in [4.69, 9.17) is 38.4 Å². The maximum absolute atomic E-state index is 11.0. The number of fused-ring (bicyclic) bond motifs is 1. The Morgan fingerprint density at radius 2 is 2.05 bits per heavy atom. The molecule has 1 amide bonds. The van der Waals surface area contributed by atoms with Crippen LogP contribution in [0.15, 0.2) is 36.4 Å². The van der Waals surface area contributed by atoms with Gasteiger partial charge in [-0.3, -0.25) is 0 Å². The molecule has 0 aliphatic carbocycles. The van der Waals surface area contributed by atoms with Crippen LogP contribution in [0.25, 0.3) is 11.1 Å². The highest BCUT2D eigenvalue weighted by atomic mass is 35.5. The minimum atomic E-state index is -0.792. The van der Waals surface area contributed by atoms with Crippen molar-refractivity contribution < 1.29 is 14.3 Å². The number of carbonyl (C=O) groups excluding carboxylic acids is 1. The molecule has 2 aromatic rings. The molecule has 2 N–H and O–H groups in total. The van der Waals surface area contributed by atoms with E-state index in [1.807, 2.05) is 18.2 Å². The Kier molecular flexibility index (Phi) is 4.14. The molecule has 0 saturated heterocycles. The van der Waals surface area contributed by atoms with Crippen LogP contribution >= 0.6 is 23.2 Å². The van der Waals surface area contributed by atoms with Crippen molar-refractivity contribution in [3.05, 3.63) is 52.0 Å². The molecule has 0 bridgehead atoms. The van der Waals surface area contributed by atoms with E-state index in [9.17, 15) is 4.79 Å². The molecule has 3 rings (SSSR count). The third-order valence-corrected chi connectivity index (χ3v) is 4.06. The second kappa shape index (κ2) is 6.07. The summed E-state index contributed by atoms with van der Waals surface area (Å²) in [6.07, 6.45) is -0.599. The van der Waals surface area contributed by atoms with Crippen LogP contribution < -0.4 is 10.5 Å². The Bertz CT molecular complexity index is 733. The van der Waals surface area contributed by atoms with Crippen LogP contribution in [0.4, 0.5) is 4.79 Å². The number of hydrogen-bond acceptors (Lipinski definition) is 3. The average Bonchev–Trinajstić information content (AvgIpc) is 2.49. The van der Waals surface area contributed by atoms with Crippen LogP contribution in [0.3, 0.4) is 0 Å². The lowest BCUT2D eigenvalue weighted by Gasteiger charge is -2.25. The number of primary amides is 1. The van der Waals surface area contributed by atoms with Crippen LogP contribution in [0.5, 0.6) is 5.75 Å². The van der Waals surface area contributed by atoms with Gasteiger partial charge in [0.2, 0.25) is 0 Å². The maximum Gasteiger partial charge on any atom is 0.405 e. The van der Waals surface area contributed by atoms with Crippen molar-refractivity contribution in [1.29, 1.82) is 0 Å². The van der Waals surface area contributed by atoms with Crippen LogP contribution in [-0.4, -0.2) is 12.7 Å². The van der Waals surface area contributed by atoms with Crippen molar-refractivity contribution in [1.82, 2.24) is 0 Å². The van der Waals surface area contributed by atoms with Crippen molar-refractivity contribution in [3.63, 3.8) is 0 Å². The van der Waals surface area contributed by atoms with Crippen LogP contribution in [0.1, 0.15) is 18.1 Å². The Morgan fingerprint density at radius 1 is 1.23 bits per heavy atom. The molecule has 6 heteroatoms. The summed E-state index contributed by atoms with van der Waals surface area (Å²) in [4.78, 5) is 11.0. The van der Waals surface area contributed by atoms with Crippen molar-refractivity contribution in [2.45, 2.75) is 12.5 Å². The van der Waals surface area contributed by atoms with Crippen molar-refractivity contribution in [2.75, 3.05) is 6.61 Å². The fraction of sp³-hybridized carbons (Fsp3) is 0.188. The lowest BCUT2D eigenvalue weighted by molar-refractivity contribution is 0.0766. The molecule has 1 aliphatic heterocycles. The Morgan fingerprint density at radius 3 is 2.82 bits per heavy atom. The van der Waals surface area contributed by atoms with Gasteiger partial charge in [-0.05, 0) is 29.8 Å². The lowest BCUT2D eigenvalue weighted by Crippen LogP contribution is -2.22. The predicted molar refractivity (Wildman–Crippen MR) is 85.4 cm³/mol. The fourth-order valence-electron chi connectivity index (χ4n) is 2.51. The molecule has 114 valence electrons. The van der Waals surface area contributed by atoms with Gasteiger partial charge in [-0.1, -0.05) is 35.3 Å². The standard InChI is InChI=1S/C16H13Cl2NO3/c17-10-2-4-13(18)12(8-10)9-1-3-11-14(22-16(19)20)5-6-21-15(11)7-9/h1-4,7-8,14H,5-6H2,(H2,19,20). The largest absolute Gasteiger partial charge is 0.493 e. The summed E-state index contributed by atoms with van der Waals surface area (Å²) >= 11 is 12.3. The molecule has 22 heavy (non-hydrogen) atoms. The van der Waals surface area contributed by atoms with E-state index in [2.05, 4.69) is 0 Å². The van der Waals surface area contributed by atoms with E-state index in [1.54, 1.807) is 18.2 Å². The van der Waals surface area contributed by atoms with Crippen LogP contribution in [0.2, 0.25) is 10.0 Å². The molecule has 1 unspecified atom stereocenters. The molecule has 0 spiro atoms. The number of carbonyl (C=O) groups is 1. The summed E-state index contributed by atoms with van der Waals surface area (Å²) in [6, 6.07) is 10.9. The Balaban J connectivity index is 2.00. The first-order chi connectivity index (χ1) is 10.5. The number of rotatable bonds is 2. The first kappa shape index (κ1) is 15.0. The minimum absolute atomic E-state index is 0.384. The van der Waals surface area contributed by atoms with E-state index in [-0.39, 0.29) is 6.10 Å². The van der Waals surface area contributed by atoms with Crippen LogP contribution in [0, 0.1) is 0 Å². The zero-order chi connectivity index (χ0) is 15.7. The monoisotopic (exact) mass is 337 g/mol. The highest BCUT2D eigenvalue weighted by Gasteiger charge is 2.24. The smallest absolute Gasteiger partial charge is 0.405 e. The van der Waals surface area contributed by atoms with E-state index in [1.165, 1.54) is 0 Å². The topological polar surface area (TPSA) is 61.6 Å². The second-order valence-corrected chi connectivity index (χ2v) is 5.78. The van der Waals surface area contributed by atoms with Gasteiger partial charge >= 0.3 is 6.09 Å². The number of ether oxygens (including phenoxy) is 2. The summed E-state index contributed by atoms with van der Waals surface area (Å²) < 4.78 is 10.8. The number of halogens is 2. The SMILES string of the molecule is NC(=O)OC1CCOc2cc(-c3cc(Cl)ccc3Cl)ccc21. The summed E-state index contributed by atoms with van der Waals surface area (Å²) in [5.41, 5.74) is 7.60. The minimum Gasteiger partial charge on any atom is -0.493 e. The van der Waals surface area contributed by atoms with Crippen molar-refractivity contribution in [2.24, 2.45) is 5.73 Å². The summed E-state index contributed by atoms with van der Waals surface area (Å²) in [7, 11) is 0. The summed E-state index contributed by atoms with van der Waals surface area (Å²) in [6.45, 7) is 0.456. The van der Waals surface area contributed by atoms with Gasteiger partial charge in [-0.25, -0.2) is 4.79 Å². The molecular formula is C16H13Cl2NO3. The third-order valence-electron chi connectivity index (χ3n) is 3.50. The van der Waals surface area contributed by atoms with E-state index in [0.717, 1.165) is 16.7 Å². The van der Waals surface area contributed by atoms with Crippen molar-refractivity contribution in [3.8, 4) is 16.9 Å². The molecule has 2 aromatic carbocycles. The first-order valence-corrected chi connectivity index (χ1v) is 7.48. The van der Waals surface area contributed by atoms with Gasteiger partial charge in [-0.2, -0.15) is 0 Å². The molecule has 0 saturated carbocycles. The maximum atomic E-state index is 11.0. The number of hydrogen-bond donors (Lipinski definition) is 1. The van der Waals surface area contributed by atoms with Gasteiger partial charge in [0.15, 0.2) is 0 Å². The quantitative estimate of drug-likeness (QED) is 0.872. The van der Waals surface area contributed by atoms with E-state index >= 15 is 0 Å². The lowest BCUT2D eigenvalue weighted by atomic mass is 9.98. The average molecular weight is 338 g/mol. The zero-order valence-corrected chi connectivity index (χ0v) is 13.0. The normalized spacial score (nSPS) is 16.5. The van der Waals surface area contributed by atoms with E-state index in [0.29, 0.717) is 28.8 Å². The molecule has 1 heterocycles. The molecule has 1 atom stereocenters. The van der Waals surface area contributed by atoms with Gasteiger partial charge in [0.25, 0.3) is 0 Å². The molecule has 0 radical (unpaired) electrons. The molecular weight excluding hydrogens is 325 g/mol. The van der Waals surface area contributed by atoms with Gasteiger partial charge < -0.3 is 15.2 Å². The van der Waals surface area contributed by atoms with E-state index < -0.39 is 6.09 Å². The summed E-state index contributed by atoms with van der Waals surface area (Å²) in [5.74, 6) is 0.658. The van der Waals surface area contributed by atoms with Gasteiger partial charge in [0.1, 0.15) is 11.9 Å². The number of benzene rings is 2. The second-order valence-electron chi connectivity index (χ2n) is 4.94. The molecule has 1 aliphatic rings. The number of amides is 1. The van der Waals surface area contributed by atoms with Gasteiger partial charge in [0, 0.05) is 27.6 Å². The zero-order valence-electron chi connectivity index (χ0n) is 11.5. The van der Waals surface area contributed by atoms with Gasteiger partial charge in [-0.15, -0.1) is 0 Å². The number of nitrogens with two attached hydrogens (primary N) is 1. The molecule has 4 nitrogen and oxygen atoms in total. The predicted octanol–water partition coefficient (Wildman–Crippen LogP) is 4.58. The Hall–Kier alpha value is -1.91. The molecule has 0 aromatic heterocycles. The third kappa shape index (κ3) is 2.98. The molecule has 0 fully saturated rings. The first-order valence-electron chi connectivity index (χ1n) is 6.73. The summed E-state index contributed by atoms with van der Waals surface area (Å²) in [5, 5.41) is 1.21. The Labute approximate surface area is 137 Å². The fourth-order valence-corrected chi connectivity index (χ4v) is 2.90. The van der Waals surface area contributed by atoms with Gasteiger partial charge in [0.05, 0.1) is 6.61 Å². The van der Waals surface area contributed by atoms with Crippen LogP contribution in [-0.2, 0) is 4.74 Å².